The Bertz CT molecular complexity index is 1470. The predicted molar refractivity (Wildman–Crippen MR) is 137 cm³/mol. The van der Waals surface area contributed by atoms with Crippen LogP contribution in [0.2, 0.25) is 0 Å². The van der Waals surface area contributed by atoms with Crippen molar-refractivity contribution in [3.63, 3.8) is 0 Å². The highest BCUT2D eigenvalue weighted by Gasteiger charge is 2.34. The van der Waals surface area contributed by atoms with Gasteiger partial charge in [-0.2, -0.15) is 0 Å². The minimum Gasteiger partial charge on any atom is -0.361 e. The van der Waals surface area contributed by atoms with Crippen LogP contribution in [0, 0.1) is 0 Å². The van der Waals surface area contributed by atoms with Crippen molar-refractivity contribution in [2.24, 2.45) is 0 Å². The van der Waals surface area contributed by atoms with Gasteiger partial charge in [-0.25, -0.2) is 9.97 Å². The van der Waals surface area contributed by atoms with Crippen molar-refractivity contribution in [1.82, 2.24) is 34.7 Å². The van der Waals surface area contributed by atoms with E-state index in [1.807, 2.05) is 25.9 Å². The summed E-state index contributed by atoms with van der Waals surface area (Å²) in [6, 6.07) is 6.54. The second-order valence-corrected chi connectivity index (χ2v) is 9.08. The van der Waals surface area contributed by atoms with Crippen molar-refractivity contribution in [1.29, 1.82) is 0 Å². The standard InChI is InChI=1S/C26H26N8O3/c1-16-15-33(25(36)19-6-4-5-8-27-19)10-11-34(16)26(37)24(35)18-12-31-22-17(18)7-9-28-23(22)20-13-30-21(14-29-20)32(2)3/h4-9,12-14,16,31H,10-11,15H2,1-3H3/t16-/m0/s1. The molecule has 188 valence electrons. The van der Waals surface area contributed by atoms with Crippen molar-refractivity contribution in [2.75, 3.05) is 38.6 Å². The first-order chi connectivity index (χ1) is 17.8. The molecule has 5 rings (SSSR count). The normalized spacial score (nSPS) is 15.6. The fraction of sp³-hybridized carbons (Fsp3) is 0.269. The fourth-order valence-corrected chi connectivity index (χ4v) is 4.45. The number of fused-ring (bicyclic) bond motifs is 1. The van der Waals surface area contributed by atoms with E-state index in [0.717, 1.165) is 0 Å². The van der Waals surface area contributed by atoms with E-state index >= 15 is 0 Å². The zero-order valence-corrected chi connectivity index (χ0v) is 20.8. The van der Waals surface area contributed by atoms with Gasteiger partial charge < -0.3 is 19.7 Å². The maximum atomic E-state index is 13.3. The third-order valence-electron chi connectivity index (χ3n) is 6.44. The van der Waals surface area contributed by atoms with Crippen LogP contribution in [0.25, 0.3) is 22.3 Å². The molecule has 0 saturated carbocycles. The van der Waals surface area contributed by atoms with Crippen molar-refractivity contribution < 1.29 is 14.4 Å². The molecule has 0 aliphatic carbocycles. The number of aromatic nitrogens is 5. The molecular weight excluding hydrogens is 472 g/mol. The summed E-state index contributed by atoms with van der Waals surface area (Å²) in [4.78, 5) is 64.8. The molecule has 0 unspecified atom stereocenters. The number of nitrogens with zero attached hydrogens (tertiary/aromatic N) is 7. The van der Waals surface area contributed by atoms with Gasteiger partial charge in [-0.1, -0.05) is 6.07 Å². The van der Waals surface area contributed by atoms with Gasteiger partial charge in [-0.05, 0) is 25.1 Å². The lowest BCUT2D eigenvalue weighted by Crippen LogP contribution is -2.56. The number of hydrogen-bond acceptors (Lipinski definition) is 8. The summed E-state index contributed by atoms with van der Waals surface area (Å²) in [5, 5.41) is 0.582. The molecule has 11 nitrogen and oxygen atoms in total. The van der Waals surface area contributed by atoms with Gasteiger partial charge in [0.2, 0.25) is 0 Å². The summed E-state index contributed by atoms with van der Waals surface area (Å²) in [5.41, 5.74) is 2.31. The summed E-state index contributed by atoms with van der Waals surface area (Å²) in [6.07, 6.45) is 7.96. The molecule has 4 aromatic heterocycles. The maximum absolute atomic E-state index is 13.3. The van der Waals surface area contributed by atoms with E-state index in [1.165, 1.54) is 11.1 Å². The van der Waals surface area contributed by atoms with Gasteiger partial charge in [-0.3, -0.25) is 24.4 Å². The lowest BCUT2D eigenvalue weighted by atomic mass is 10.1. The number of Topliss-reactive ketones (excluding diaryl/α,β-unsaturated/α-hetero) is 1. The summed E-state index contributed by atoms with van der Waals surface area (Å²) in [6.45, 7) is 2.73. The molecule has 0 bridgehead atoms. The van der Waals surface area contributed by atoms with E-state index in [1.54, 1.807) is 54.0 Å². The third-order valence-corrected chi connectivity index (χ3v) is 6.44. The van der Waals surface area contributed by atoms with Gasteiger partial charge in [0.25, 0.3) is 17.6 Å². The van der Waals surface area contributed by atoms with Crippen LogP contribution < -0.4 is 4.90 Å². The molecule has 1 aliphatic heterocycles. The number of H-pyrrole nitrogens is 1. The zero-order chi connectivity index (χ0) is 26.1. The smallest absolute Gasteiger partial charge is 0.295 e. The van der Waals surface area contributed by atoms with E-state index < -0.39 is 11.7 Å². The number of carbonyl (C=O) groups is 3. The third kappa shape index (κ3) is 4.51. The highest BCUT2D eigenvalue weighted by atomic mass is 16.2. The average molecular weight is 499 g/mol. The quantitative estimate of drug-likeness (QED) is 0.327. The molecule has 5 heterocycles. The van der Waals surface area contributed by atoms with Crippen molar-refractivity contribution in [3.05, 3.63) is 66.5 Å². The molecule has 37 heavy (non-hydrogen) atoms. The lowest BCUT2D eigenvalue weighted by molar-refractivity contribution is -0.130. The number of amides is 2. The highest BCUT2D eigenvalue weighted by molar-refractivity contribution is 6.45. The molecule has 2 amide bonds. The second kappa shape index (κ2) is 9.76. The van der Waals surface area contributed by atoms with Crippen LogP contribution in [0.1, 0.15) is 27.8 Å². The monoisotopic (exact) mass is 498 g/mol. The number of pyridine rings is 2. The Labute approximate surface area is 213 Å². The van der Waals surface area contributed by atoms with Gasteiger partial charge >= 0.3 is 0 Å². The van der Waals surface area contributed by atoms with Crippen LogP contribution in [-0.4, -0.2) is 92.1 Å². The van der Waals surface area contributed by atoms with Gasteiger partial charge in [0, 0.05) is 63.7 Å². The molecule has 0 spiro atoms. The van der Waals surface area contributed by atoms with E-state index in [9.17, 15) is 14.4 Å². The number of carbonyl (C=O) groups excluding carboxylic acids is 3. The highest BCUT2D eigenvalue weighted by Crippen LogP contribution is 2.27. The number of piperazine rings is 1. The number of aromatic amines is 1. The lowest BCUT2D eigenvalue weighted by Gasteiger charge is -2.39. The Hall–Kier alpha value is -4.67. The van der Waals surface area contributed by atoms with Gasteiger partial charge in [-0.15, -0.1) is 0 Å². The number of hydrogen-bond donors (Lipinski definition) is 1. The molecule has 11 heteroatoms. The van der Waals surface area contributed by atoms with Crippen LogP contribution in [0.3, 0.4) is 0 Å². The van der Waals surface area contributed by atoms with Gasteiger partial charge in [0.05, 0.1) is 23.5 Å². The second-order valence-electron chi connectivity index (χ2n) is 9.08. The summed E-state index contributed by atoms with van der Waals surface area (Å²) in [7, 11) is 3.75. The molecule has 1 N–H and O–H groups in total. The molecule has 0 aromatic carbocycles. The first-order valence-corrected chi connectivity index (χ1v) is 11.9. The number of anilines is 1. The van der Waals surface area contributed by atoms with E-state index in [0.29, 0.717) is 46.9 Å². The van der Waals surface area contributed by atoms with Crippen molar-refractivity contribution in [2.45, 2.75) is 13.0 Å². The molecule has 1 aliphatic rings. The largest absolute Gasteiger partial charge is 0.361 e. The summed E-state index contributed by atoms with van der Waals surface area (Å²) < 4.78 is 0. The molecular formula is C26H26N8O3. The minimum absolute atomic E-state index is 0.191. The SMILES string of the molecule is C[C@H]1CN(C(=O)c2ccccn2)CCN1C(=O)C(=O)c1c[nH]c2c(-c3cnc(N(C)C)cn3)nccc12. The Morgan fingerprint density at radius 3 is 2.51 bits per heavy atom. The Morgan fingerprint density at radius 2 is 1.84 bits per heavy atom. The van der Waals surface area contributed by atoms with E-state index in [4.69, 9.17) is 0 Å². The summed E-state index contributed by atoms with van der Waals surface area (Å²) >= 11 is 0. The molecule has 1 saturated heterocycles. The summed E-state index contributed by atoms with van der Waals surface area (Å²) in [5.74, 6) is -0.704. The van der Waals surface area contributed by atoms with Crippen LogP contribution >= 0.6 is 0 Å². The molecule has 4 aromatic rings. The average Bonchev–Trinajstić information content (AvgIpc) is 3.36. The number of nitrogens with one attached hydrogen (secondary N) is 1. The van der Waals surface area contributed by atoms with Crippen LogP contribution in [0.15, 0.2) is 55.2 Å². The van der Waals surface area contributed by atoms with Crippen LogP contribution in [0.4, 0.5) is 5.82 Å². The van der Waals surface area contributed by atoms with Crippen LogP contribution in [0.5, 0.6) is 0 Å². The Morgan fingerprint density at radius 1 is 1.00 bits per heavy atom. The first-order valence-electron chi connectivity index (χ1n) is 11.9. The Balaban J connectivity index is 1.34. The number of rotatable bonds is 5. The molecule has 1 atom stereocenters. The van der Waals surface area contributed by atoms with E-state index in [2.05, 4.69) is 24.9 Å². The van der Waals surface area contributed by atoms with Crippen molar-refractivity contribution in [3.8, 4) is 11.4 Å². The van der Waals surface area contributed by atoms with Gasteiger partial charge in [0.1, 0.15) is 22.9 Å². The van der Waals surface area contributed by atoms with Gasteiger partial charge in [0.15, 0.2) is 0 Å². The topological polar surface area (TPSA) is 128 Å². The molecule has 1 fully saturated rings. The fourth-order valence-electron chi connectivity index (χ4n) is 4.45. The van der Waals surface area contributed by atoms with E-state index in [-0.39, 0.29) is 24.1 Å². The predicted octanol–water partition coefficient (Wildman–Crippen LogP) is 2.04. The Kier molecular flexibility index (Phi) is 6.34. The minimum atomic E-state index is -0.617. The number of ketones is 1. The molecule has 0 radical (unpaired) electrons. The maximum Gasteiger partial charge on any atom is 0.295 e. The van der Waals surface area contributed by atoms with Crippen LogP contribution in [-0.2, 0) is 4.79 Å². The first kappa shape index (κ1) is 24.0. The zero-order valence-electron chi connectivity index (χ0n) is 20.8. The van der Waals surface area contributed by atoms with Crippen molar-refractivity contribution >= 4 is 34.3 Å².